The summed E-state index contributed by atoms with van der Waals surface area (Å²) < 4.78 is 4.56. The Morgan fingerprint density at radius 3 is 3.07 bits per heavy atom. The maximum absolute atomic E-state index is 11.2. The Bertz CT molecular complexity index is 363. The van der Waals surface area contributed by atoms with Crippen LogP contribution in [-0.2, 0) is 4.74 Å². The fourth-order valence-electron chi connectivity index (χ4n) is 1.22. The SMILES string of the molecule is COC(=O)c1cncc(NCC2CC2)n1. The number of carbonyl (C=O) groups excluding carboxylic acids is 1. The molecule has 1 aliphatic carbocycles. The van der Waals surface area contributed by atoms with Crippen LogP contribution in [0.3, 0.4) is 0 Å². The molecular formula is C10H13N3O2. The molecule has 1 aliphatic rings. The quantitative estimate of drug-likeness (QED) is 0.748. The number of esters is 1. The molecule has 0 spiro atoms. The molecule has 0 atom stereocenters. The van der Waals surface area contributed by atoms with Crippen LogP contribution in [0.25, 0.3) is 0 Å². The van der Waals surface area contributed by atoms with Gasteiger partial charge in [-0.05, 0) is 18.8 Å². The van der Waals surface area contributed by atoms with Gasteiger partial charge in [-0.1, -0.05) is 0 Å². The fourth-order valence-corrected chi connectivity index (χ4v) is 1.22. The second-order valence-corrected chi connectivity index (χ2v) is 3.61. The van der Waals surface area contributed by atoms with Gasteiger partial charge in [-0.3, -0.25) is 4.98 Å². The maximum Gasteiger partial charge on any atom is 0.358 e. The lowest BCUT2D eigenvalue weighted by Gasteiger charge is -2.04. The van der Waals surface area contributed by atoms with Gasteiger partial charge in [0.2, 0.25) is 0 Å². The van der Waals surface area contributed by atoms with E-state index in [0.717, 1.165) is 12.5 Å². The van der Waals surface area contributed by atoms with Crippen molar-refractivity contribution in [3.8, 4) is 0 Å². The minimum atomic E-state index is -0.461. The van der Waals surface area contributed by atoms with Gasteiger partial charge in [-0.15, -0.1) is 0 Å². The van der Waals surface area contributed by atoms with E-state index in [2.05, 4.69) is 20.0 Å². The maximum atomic E-state index is 11.2. The van der Waals surface area contributed by atoms with Crippen LogP contribution in [0.5, 0.6) is 0 Å². The van der Waals surface area contributed by atoms with Gasteiger partial charge in [0.15, 0.2) is 5.69 Å². The van der Waals surface area contributed by atoms with Crippen LogP contribution in [-0.4, -0.2) is 29.6 Å². The monoisotopic (exact) mass is 207 g/mol. The number of nitrogens with one attached hydrogen (secondary N) is 1. The molecule has 0 radical (unpaired) electrons. The molecule has 0 bridgehead atoms. The summed E-state index contributed by atoms with van der Waals surface area (Å²) in [6, 6.07) is 0. The van der Waals surface area contributed by atoms with Crippen molar-refractivity contribution in [2.45, 2.75) is 12.8 Å². The van der Waals surface area contributed by atoms with E-state index in [4.69, 9.17) is 0 Å². The number of ether oxygens (including phenoxy) is 1. The molecule has 15 heavy (non-hydrogen) atoms. The lowest BCUT2D eigenvalue weighted by molar-refractivity contribution is 0.0593. The van der Waals surface area contributed by atoms with Crippen LogP contribution in [0, 0.1) is 5.92 Å². The molecule has 2 rings (SSSR count). The summed E-state index contributed by atoms with van der Waals surface area (Å²) in [7, 11) is 1.33. The molecule has 1 aromatic rings. The fraction of sp³-hybridized carbons (Fsp3) is 0.500. The Hall–Kier alpha value is -1.65. The van der Waals surface area contributed by atoms with Crippen molar-refractivity contribution >= 4 is 11.8 Å². The van der Waals surface area contributed by atoms with Gasteiger partial charge in [0.1, 0.15) is 5.82 Å². The molecule has 0 amide bonds. The molecule has 80 valence electrons. The molecule has 1 heterocycles. The molecule has 0 aliphatic heterocycles. The van der Waals surface area contributed by atoms with Crippen molar-refractivity contribution in [1.29, 1.82) is 0 Å². The highest BCUT2D eigenvalue weighted by Crippen LogP contribution is 2.28. The highest BCUT2D eigenvalue weighted by atomic mass is 16.5. The number of rotatable bonds is 4. The van der Waals surface area contributed by atoms with Crippen LogP contribution in [0.15, 0.2) is 12.4 Å². The van der Waals surface area contributed by atoms with Gasteiger partial charge >= 0.3 is 5.97 Å². The third kappa shape index (κ3) is 2.65. The Kier molecular flexibility index (Phi) is 2.80. The average molecular weight is 207 g/mol. The predicted octanol–water partition coefficient (Wildman–Crippen LogP) is 1.09. The van der Waals surface area contributed by atoms with Crippen molar-refractivity contribution in [2.75, 3.05) is 19.0 Å². The zero-order valence-corrected chi connectivity index (χ0v) is 8.56. The summed E-state index contributed by atoms with van der Waals surface area (Å²) in [5.41, 5.74) is 0.235. The summed E-state index contributed by atoms with van der Waals surface area (Å²) in [4.78, 5) is 19.2. The number of methoxy groups -OCH3 is 1. The van der Waals surface area contributed by atoms with Crippen LogP contribution in [0.1, 0.15) is 23.3 Å². The Morgan fingerprint density at radius 1 is 1.60 bits per heavy atom. The van der Waals surface area contributed by atoms with Gasteiger partial charge in [0, 0.05) is 6.54 Å². The number of hydrogen-bond acceptors (Lipinski definition) is 5. The minimum absolute atomic E-state index is 0.235. The highest BCUT2D eigenvalue weighted by Gasteiger charge is 2.20. The largest absolute Gasteiger partial charge is 0.464 e. The van der Waals surface area contributed by atoms with Gasteiger partial charge in [-0.2, -0.15) is 0 Å². The van der Waals surface area contributed by atoms with Gasteiger partial charge in [-0.25, -0.2) is 9.78 Å². The van der Waals surface area contributed by atoms with E-state index in [0.29, 0.717) is 5.82 Å². The van der Waals surface area contributed by atoms with Crippen LogP contribution >= 0.6 is 0 Å². The molecule has 5 nitrogen and oxygen atoms in total. The Balaban J connectivity index is 2.00. The van der Waals surface area contributed by atoms with Crippen molar-refractivity contribution in [2.24, 2.45) is 5.92 Å². The topological polar surface area (TPSA) is 64.1 Å². The molecule has 1 aromatic heterocycles. The Labute approximate surface area is 87.9 Å². The van der Waals surface area contributed by atoms with Crippen LogP contribution in [0.4, 0.5) is 5.82 Å². The first-order valence-electron chi connectivity index (χ1n) is 4.94. The van der Waals surface area contributed by atoms with E-state index < -0.39 is 5.97 Å². The normalized spacial score (nSPS) is 14.7. The summed E-state index contributed by atoms with van der Waals surface area (Å²) in [5, 5.41) is 3.14. The lowest BCUT2D eigenvalue weighted by atomic mass is 10.4. The van der Waals surface area contributed by atoms with Crippen molar-refractivity contribution in [1.82, 2.24) is 9.97 Å². The third-order valence-electron chi connectivity index (χ3n) is 2.30. The van der Waals surface area contributed by atoms with Crippen LogP contribution < -0.4 is 5.32 Å². The van der Waals surface area contributed by atoms with Crippen molar-refractivity contribution < 1.29 is 9.53 Å². The molecule has 0 saturated heterocycles. The smallest absolute Gasteiger partial charge is 0.358 e. The van der Waals surface area contributed by atoms with E-state index in [9.17, 15) is 4.79 Å². The second kappa shape index (κ2) is 4.25. The van der Waals surface area contributed by atoms with Crippen molar-refractivity contribution in [3.05, 3.63) is 18.1 Å². The predicted molar refractivity (Wildman–Crippen MR) is 54.6 cm³/mol. The Morgan fingerprint density at radius 2 is 2.40 bits per heavy atom. The first-order chi connectivity index (χ1) is 7.29. The summed E-state index contributed by atoms with van der Waals surface area (Å²) in [5.74, 6) is 0.927. The molecule has 1 saturated carbocycles. The molecular weight excluding hydrogens is 194 g/mol. The van der Waals surface area contributed by atoms with Crippen molar-refractivity contribution in [3.63, 3.8) is 0 Å². The van der Waals surface area contributed by atoms with Gasteiger partial charge in [0.25, 0.3) is 0 Å². The first kappa shape index (κ1) is 9.89. The zero-order valence-electron chi connectivity index (χ0n) is 8.56. The molecule has 1 N–H and O–H groups in total. The second-order valence-electron chi connectivity index (χ2n) is 3.61. The molecule has 5 heteroatoms. The molecule has 0 unspecified atom stereocenters. The number of carbonyl (C=O) groups is 1. The van der Waals surface area contributed by atoms with E-state index >= 15 is 0 Å². The number of anilines is 1. The first-order valence-corrected chi connectivity index (χ1v) is 4.94. The summed E-state index contributed by atoms with van der Waals surface area (Å²) >= 11 is 0. The molecule has 1 fully saturated rings. The minimum Gasteiger partial charge on any atom is -0.464 e. The average Bonchev–Trinajstić information content (AvgIpc) is 3.09. The van der Waals surface area contributed by atoms with E-state index in [1.54, 1.807) is 6.20 Å². The van der Waals surface area contributed by atoms with Gasteiger partial charge < -0.3 is 10.1 Å². The summed E-state index contributed by atoms with van der Waals surface area (Å²) in [6.45, 7) is 0.902. The standard InChI is InChI=1S/C10H13N3O2/c1-15-10(14)8-5-11-6-9(13-8)12-4-7-2-3-7/h5-7H,2-4H2,1H3,(H,12,13). The number of aromatic nitrogens is 2. The van der Waals surface area contributed by atoms with E-state index in [1.165, 1.54) is 26.1 Å². The van der Waals surface area contributed by atoms with E-state index in [1.807, 2.05) is 0 Å². The van der Waals surface area contributed by atoms with Gasteiger partial charge in [0.05, 0.1) is 19.5 Å². The lowest BCUT2D eigenvalue weighted by Crippen LogP contribution is -2.10. The third-order valence-corrected chi connectivity index (χ3v) is 2.30. The number of hydrogen-bond donors (Lipinski definition) is 1. The highest BCUT2D eigenvalue weighted by molar-refractivity contribution is 5.87. The van der Waals surface area contributed by atoms with Crippen LogP contribution in [0.2, 0.25) is 0 Å². The number of nitrogens with zero attached hydrogens (tertiary/aromatic N) is 2. The summed E-state index contributed by atoms with van der Waals surface area (Å²) in [6.07, 6.45) is 5.55. The van der Waals surface area contributed by atoms with E-state index in [-0.39, 0.29) is 5.69 Å². The zero-order chi connectivity index (χ0) is 10.7. The molecule has 0 aromatic carbocycles.